The molecule has 0 unspecified atom stereocenters. The second kappa shape index (κ2) is 12.0. The van der Waals surface area contributed by atoms with Gasteiger partial charge in [-0.05, 0) is 24.3 Å². The van der Waals surface area contributed by atoms with E-state index in [0.29, 0.717) is 82.9 Å². The first-order valence-electron chi connectivity index (χ1n) is 14.8. The molecule has 0 aromatic heterocycles. The molecule has 0 bridgehead atoms. The van der Waals surface area contributed by atoms with E-state index in [1.54, 1.807) is 48.5 Å². The van der Waals surface area contributed by atoms with Crippen molar-refractivity contribution in [2.45, 2.75) is 12.1 Å². The highest BCUT2D eigenvalue weighted by atomic mass is 16.7. The maximum Gasteiger partial charge on any atom is 0.231 e. The third-order valence-corrected chi connectivity index (χ3v) is 8.80. The summed E-state index contributed by atoms with van der Waals surface area (Å²) < 4.78 is 33.1. The lowest BCUT2D eigenvalue weighted by Crippen LogP contribution is -2.49. The number of hydrogen-bond donors (Lipinski definition) is 4. The molecule has 240 valence electrons. The van der Waals surface area contributed by atoms with Gasteiger partial charge >= 0.3 is 0 Å². The van der Waals surface area contributed by atoms with Crippen LogP contribution in [0.2, 0.25) is 0 Å². The van der Waals surface area contributed by atoms with Gasteiger partial charge < -0.3 is 48.8 Å². The fraction of sp³-hybridized carbons (Fsp3) is 0.294. The fourth-order valence-electron chi connectivity index (χ4n) is 6.56. The van der Waals surface area contributed by atoms with Crippen molar-refractivity contribution in [3.8, 4) is 57.5 Å². The van der Waals surface area contributed by atoms with E-state index in [0.717, 1.165) is 0 Å². The Morgan fingerprint density at radius 2 is 0.913 bits per heavy atom. The molecule has 4 aromatic carbocycles. The molecule has 3 aliphatic heterocycles. The van der Waals surface area contributed by atoms with E-state index < -0.39 is 12.1 Å². The predicted octanol–water partition coefficient (Wildman–Crippen LogP) is 4.48. The highest BCUT2D eigenvalue weighted by Crippen LogP contribution is 2.49. The number of ether oxygens (including phenoxy) is 6. The Morgan fingerprint density at radius 3 is 1.28 bits per heavy atom. The zero-order chi connectivity index (χ0) is 31.9. The second-order valence-electron chi connectivity index (χ2n) is 11.2. The predicted molar refractivity (Wildman–Crippen MR) is 165 cm³/mol. The molecule has 2 atom stereocenters. The third kappa shape index (κ3) is 5.05. The summed E-state index contributed by atoms with van der Waals surface area (Å²) in [5, 5.41) is 45.0. The van der Waals surface area contributed by atoms with Crippen molar-refractivity contribution in [2.24, 2.45) is 0 Å². The Hall–Kier alpha value is -5.20. The number of para-hydroxylation sites is 2. The molecule has 4 aromatic rings. The second-order valence-corrected chi connectivity index (χ2v) is 11.2. The maximum absolute atomic E-state index is 11.3. The molecule has 0 amide bonds. The van der Waals surface area contributed by atoms with Crippen LogP contribution in [0.4, 0.5) is 0 Å². The van der Waals surface area contributed by atoms with E-state index >= 15 is 0 Å². The molecule has 1 fully saturated rings. The van der Waals surface area contributed by atoms with Crippen LogP contribution >= 0.6 is 0 Å². The van der Waals surface area contributed by atoms with Crippen molar-refractivity contribution in [1.29, 1.82) is 0 Å². The Bertz CT molecular complexity index is 1640. The van der Waals surface area contributed by atoms with Gasteiger partial charge in [-0.1, -0.05) is 24.3 Å². The number of aromatic hydroxyl groups is 4. The van der Waals surface area contributed by atoms with Gasteiger partial charge in [-0.25, -0.2) is 0 Å². The number of fused-ring (bicyclic) bond motifs is 2. The standard InChI is InChI=1S/C34H34N2O10/c1-41-25-7-3-5-19(33(25)39)31(21-13-27-29(15-23(21)37)45-17-43-27)35-9-11-36(12-10-35)32(20-6-4-8-26(42-2)34(20)40)22-14-28-30(16-24(22)38)46-18-44-28/h3-8,13-16,31-32,37-40H,9-12,17-18H2,1-2H3/t31-,32-/m1/s1. The molecule has 3 aliphatic rings. The molecule has 4 N–H and O–H groups in total. The third-order valence-electron chi connectivity index (χ3n) is 8.80. The zero-order valence-electron chi connectivity index (χ0n) is 25.3. The molecular weight excluding hydrogens is 596 g/mol. The molecule has 0 aliphatic carbocycles. The van der Waals surface area contributed by atoms with Gasteiger partial charge in [0, 0.05) is 60.6 Å². The lowest BCUT2D eigenvalue weighted by molar-refractivity contribution is 0.0866. The van der Waals surface area contributed by atoms with Crippen LogP contribution in [-0.4, -0.2) is 84.2 Å². The van der Waals surface area contributed by atoms with E-state index in [-0.39, 0.29) is 36.6 Å². The summed E-state index contributed by atoms with van der Waals surface area (Å²) >= 11 is 0. The van der Waals surface area contributed by atoms with Crippen LogP contribution in [0.25, 0.3) is 0 Å². The number of hydrogen-bond acceptors (Lipinski definition) is 12. The van der Waals surface area contributed by atoms with Crippen molar-refractivity contribution in [3.63, 3.8) is 0 Å². The van der Waals surface area contributed by atoms with Crippen LogP contribution < -0.4 is 28.4 Å². The summed E-state index contributed by atoms with van der Waals surface area (Å²) in [6.45, 7) is 2.06. The molecule has 1 saturated heterocycles. The molecule has 0 radical (unpaired) electrons. The molecule has 46 heavy (non-hydrogen) atoms. The van der Waals surface area contributed by atoms with Crippen molar-refractivity contribution in [1.82, 2.24) is 9.80 Å². The molecular formula is C34H34N2O10. The van der Waals surface area contributed by atoms with Crippen LogP contribution in [0.1, 0.15) is 34.3 Å². The van der Waals surface area contributed by atoms with Gasteiger partial charge in [0.15, 0.2) is 46.0 Å². The first-order chi connectivity index (χ1) is 22.4. The summed E-state index contributed by atoms with van der Waals surface area (Å²) in [6, 6.07) is 16.0. The topological polar surface area (TPSA) is 143 Å². The molecule has 12 heteroatoms. The van der Waals surface area contributed by atoms with Gasteiger partial charge in [0.05, 0.1) is 26.3 Å². The summed E-state index contributed by atoms with van der Waals surface area (Å²) in [4.78, 5) is 4.31. The van der Waals surface area contributed by atoms with E-state index in [9.17, 15) is 20.4 Å². The van der Waals surface area contributed by atoms with Crippen LogP contribution in [0, 0.1) is 0 Å². The Morgan fingerprint density at radius 1 is 0.543 bits per heavy atom. The number of rotatable bonds is 8. The quantitative estimate of drug-likeness (QED) is 0.218. The highest BCUT2D eigenvalue weighted by molar-refractivity contribution is 5.59. The van der Waals surface area contributed by atoms with Gasteiger partial charge in [0.25, 0.3) is 0 Å². The fourth-order valence-corrected chi connectivity index (χ4v) is 6.56. The molecule has 7 rings (SSSR count). The van der Waals surface area contributed by atoms with Crippen LogP contribution in [0.3, 0.4) is 0 Å². The maximum atomic E-state index is 11.3. The Labute approximate surface area is 265 Å². The average Bonchev–Trinajstić information content (AvgIpc) is 3.72. The van der Waals surface area contributed by atoms with Crippen molar-refractivity contribution in [2.75, 3.05) is 54.0 Å². The van der Waals surface area contributed by atoms with E-state index in [2.05, 4.69) is 9.80 Å². The molecule has 3 heterocycles. The van der Waals surface area contributed by atoms with Gasteiger partial charge in [-0.3, -0.25) is 9.80 Å². The Balaban J connectivity index is 1.27. The number of nitrogens with zero attached hydrogens (tertiary/aromatic N) is 2. The largest absolute Gasteiger partial charge is 0.507 e. The van der Waals surface area contributed by atoms with Crippen molar-refractivity contribution in [3.05, 3.63) is 82.9 Å². The van der Waals surface area contributed by atoms with Crippen LogP contribution in [-0.2, 0) is 0 Å². The number of piperazine rings is 1. The summed E-state index contributed by atoms with van der Waals surface area (Å²) in [7, 11) is 2.98. The number of methoxy groups -OCH3 is 2. The van der Waals surface area contributed by atoms with Crippen LogP contribution in [0.15, 0.2) is 60.7 Å². The summed E-state index contributed by atoms with van der Waals surface area (Å²) in [5.74, 6) is 2.48. The van der Waals surface area contributed by atoms with Gasteiger partial charge in [-0.15, -0.1) is 0 Å². The monoisotopic (exact) mass is 630 g/mol. The average molecular weight is 631 g/mol. The summed E-state index contributed by atoms with van der Waals surface area (Å²) in [5.41, 5.74) is 2.18. The van der Waals surface area contributed by atoms with Crippen LogP contribution in [0.5, 0.6) is 57.5 Å². The van der Waals surface area contributed by atoms with Crippen molar-refractivity contribution < 1.29 is 48.8 Å². The lowest BCUT2D eigenvalue weighted by Gasteiger charge is -2.43. The number of phenols is 4. The molecule has 0 saturated carbocycles. The van der Waals surface area contributed by atoms with Gasteiger partial charge in [0.2, 0.25) is 13.6 Å². The number of phenolic OH excluding ortho intramolecular Hbond substituents is 4. The molecule has 12 nitrogen and oxygen atoms in total. The highest BCUT2D eigenvalue weighted by Gasteiger charge is 2.37. The van der Waals surface area contributed by atoms with Crippen molar-refractivity contribution >= 4 is 0 Å². The van der Waals surface area contributed by atoms with E-state index in [4.69, 9.17) is 28.4 Å². The van der Waals surface area contributed by atoms with Gasteiger partial charge in [-0.2, -0.15) is 0 Å². The minimum atomic E-state index is -0.575. The first kappa shape index (κ1) is 29.5. The minimum absolute atomic E-state index is 0.00311. The van der Waals surface area contributed by atoms with Gasteiger partial charge in [0.1, 0.15) is 11.5 Å². The number of benzene rings is 4. The Kier molecular flexibility index (Phi) is 7.67. The SMILES string of the molecule is COc1cccc([C@H](c2cc3c(cc2O)OCO3)N2CCN([C@@H](c3cc4c(cc3O)OCO4)c3cccc(OC)c3O)CC2)c1O. The van der Waals surface area contributed by atoms with E-state index in [1.165, 1.54) is 26.4 Å². The normalized spacial score (nSPS) is 17.1. The zero-order valence-corrected chi connectivity index (χ0v) is 25.3. The minimum Gasteiger partial charge on any atom is -0.507 e. The van der Waals surface area contributed by atoms with E-state index in [1.807, 2.05) is 0 Å². The lowest BCUT2D eigenvalue weighted by atomic mass is 9.92. The molecule has 0 spiro atoms. The summed E-state index contributed by atoms with van der Waals surface area (Å²) in [6.07, 6.45) is 0. The smallest absolute Gasteiger partial charge is 0.231 e. The first-order valence-corrected chi connectivity index (χ1v) is 14.8.